The molecule has 8 nitrogen and oxygen atoms in total. The smallest absolute Gasteiger partial charge is 0.504 e. The molecule has 0 saturated carbocycles. The molecule has 0 aliphatic rings. The first-order chi connectivity index (χ1) is 10.7. The third-order valence-electron chi connectivity index (χ3n) is 3.25. The Balaban J connectivity index is 2.03. The molecule has 0 radical (unpaired) electrons. The van der Waals surface area contributed by atoms with Crippen molar-refractivity contribution >= 4 is 5.97 Å². The van der Waals surface area contributed by atoms with E-state index in [9.17, 15) is 19.8 Å². The summed E-state index contributed by atoms with van der Waals surface area (Å²) < 4.78 is 14.4. The van der Waals surface area contributed by atoms with Gasteiger partial charge in [0.15, 0.2) is 29.6 Å². The zero-order valence-corrected chi connectivity index (χ0v) is 12.7. The zero-order valence-electron chi connectivity index (χ0n) is 12.7. The molecule has 0 spiro atoms. The van der Waals surface area contributed by atoms with Crippen molar-refractivity contribution in [2.45, 2.75) is 32.4 Å². The van der Waals surface area contributed by atoms with Crippen molar-refractivity contribution in [1.29, 1.82) is 0 Å². The summed E-state index contributed by atoms with van der Waals surface area (Å²) >= 11 is 0. The number of carbonyl (C=O) groups is 1. The number of aromatic hydroxyl groups is 2. The maximum atomic E-state index is 12.1. The van der Waals surface area contributed by atoms with Crippen molar-refractivity contribution in [3.05, 3.63) is 45.9 Å². The minimum atomic E-state index is -1.37. The van der Waals surface area contributed by atoms with Crippen molar-refractivity contribution in [2.24, 2.45) is 5.73 Å². The molecule has 0 unspecified atom stereocenters. The lowest BCUT2D eigenvalue weighted by atomic mass is 9.94. The van der Waals surface area contributed by atoms with Gasteiger partial charge in [-0.25, -0.2) is 4.79 Å². The van der Waals surface area contributed by atoms with Gasteiger partial charge in [0.1, 0.15) is 5.54 Å². The lowest BCUT2D eigenvalue weighted by molar-refractivity contribution is -0.151. The number of esters is 1. The van der Waals surface area contributed by atoms with Gasteiger partial charge in [0.25, 0.3) is 0 Å². The second kappa shape index (κ2) is 6.17. The topological polar surface area (TPSA) is 136 Å². The van der Waals surface area contributed by atoms with Gasteiger partial charge >= 0.3 is 11.8 Å². The van der Waals surface area contributed by atoms with Crippen molar-refractivity contribution in [3.8, 4) is 11.5 Å². The average Bonchev–Trinajstić information content (AvgIpc) is 2.78. The monoisotopic (exact) mass is 323 g/mol. The summed E-state index contributed by atoms with van der Waals surface area (Å²) in [5.41, 5.74) is 5.13. The zero-order chi connectivity index (χ0) is 17.2. The maximum absolute atomic E-state index is 12.1. The fourth-order valence-corrected chi connectivity index (χ4v) is 1.98. The van der Waals surface area contributed by atoms with Crippen LogP contribution in [0.25, 0.3) is 0 Å². The van der Waals surface area contributed by atoms with E-state index in [0.717, 1.165) is 0 Å². The van der Waals surface area contributed by atoms with Crippen LogP contribution in [0.4, 0.5) is 0 Å². The van der Waals surface area contributed by atoms with E-state index in [4.69, 9.17) is 14.9 Å². The minimum absolute atomic E-state index is 0.0774. The number of nitrogens with two attached hydrogens (primary N) is 1. The van der Waals surface area contributed by atoms with E-state index >= 15 is 0 Å². The first-order valence-electron chi connectivity index (χ1n) is 6.75. The van der Waals surface area contributed by atoms with Gasteiger partial charge in [-0.2, -0.15) is 0 Å². The van der Waals surface area contributed by atoms with Crippen molar-refractivity contribution in [3.63, 3.8) is 0 Å². The van der Waals surface area contributed by atoms with Crippen LogP contribution in [0.1, 0.15) is 24.0 Å². The Bertz CT molecular complexity index is 772. The van der Waals surface area contributed by atoms with Crippen molar-refractivity contribution in [2.75, 3.05) is 0 Å². The molecule has 0 bridgehead atoms. The number of benzene rings is 1. The third-order valence-corrected chi connectivity index (χ3v) is 3.25. The molecule has 0 aliphatic heterocycles. The molecule has 1 heterocycles. The molecule has 124 valence electrons. The Hall–Kier alpha value is -2.74. The minimum Gasteiger partial charge on any atom is -0.504 e. The van der Waals surface area contributed by atoms with Crippen LogP contribution in [-0.2, 0) is 22.6 Å². The largest absolute Gasteiger partial charge is 0.519 e. The fourth-order valence-electron chi connectivity index (χ4n) is 1.98. The molecule has 4 N–H and O–H groups in total. The second-order valence-corrected chi connectivity index (χ2v) is 5.43. The summed E-state index contributed by atoms with van der Waals surface area (Å²) in [6.07, 6.45) is 0.0774. The van der Waals surface area contributed by atoms with Gasteiger partial charge in [-0.15, -0.1) is 0 Å². The Morgan fingerprint density at radius 1 is 1.30 bits per heavy atom. The average molecular weight is 323 g/mol. The van der Waals surface area contributed by atoms with Crippen LogP contribution in [0.3, 0.4) is 0 Å². The standard InChI is InChI=1S/C15H17NO7/c1-8-12(23-14(20)22-8)7-21-13(19)15(2,16)6-9-3-4-10(17)11(18)5-9/h3-5,17-18H,6-7,16H2,1-2H3/t15-/m0/s1. The van der Waals surface area contributed by atoms with E-state index in [0.29, 0.717) is 5.56 Å². The van der Waals surface area contributed by atoms with E-state index < -0.39 is 17.3 Å². The summed E-state index contributed by atoms with van der Waals surface area (Å²) in [6.45, 7) is 2.70. The Labute approximate surface area is 131 Å². The van der Waals surface area contributed by atoms with Gasteiger partial charge in [-0.3, -0.25) is 4.79 Å². The lowest BCUT2D eigenvalue weighted by Crippen LogP contribution is -2.48. The SMILES string of the molecule is Cc1oc(=O)oc1COC(=O)[C@@](C)(N)Cc1ccc(O)c(O)c1. The number of ether oxygens (including phenoxy) is 1. The van der Waals surface area contributed by atoms with Gasteiger partial charge in [-0.05, 0) is 31.5 Å². The maximum Gasteiger partial charge on any atom is 0.519 e. The normalized spacial score (nSPS) is 13.5. The van der Waals surface area contributed by atoms with E-state index in [-0.39, 0.29) is 36.0 Å². The highest BCUT2D eigenvalue weighted by atomic mass is 16.6. The van der Waals surface area contributed by atoms with Crippen LogP contribution in [-0.4, -0.2) is 21.7 Å². The Kier molecular flexibility index (Phi) is 4.46. The number of rotatable bonds is 5. The lowest BCUT2D eigenvalue weighted by Gasteiger charge is -2.22. The summed E-state index contributed by atoms with van der Waals surface area (Å²) in [4.78, 5) is 23.0. The molecule has 1 atom stereocenters. The molecule has 1 aromatic heterocycles. The molecular formula is C15H17NO7. The molecule has 1 aromatic carbocycles. The number of phenolic OH excluding ortho intramolecular Hbond substituents is 2. The first-order valence-corrected chi connectivity index (χ1v) is 6.75. The van der Waals surface area contributed by atoms with Gasteiger partial charge in [0.2, 0.25) is 0 Å². The second-order valence-electron chi connectivity index (χ2n) is 5.43. The van der Waals surface area contributed by atoms with E-state index in [1.54, 1.807) is 0 Å². The van der Waals surface area contributed by atoms with Crippen molar-refractivity contribution in [1.82, 2.24) is 0 Å². The van der Waals surface area contributed by atoms with E-state index in [1.165, 1.54) is 32.0 Å². The molecule has 2 rings (SSSR count). The van der Waals surface area contributed by atoms with Crippen LogP contribution < -0.4 is 11.6 Å². The number of hydrogen-bond donors (Lipinski definition) is 3. The highest BCUT2D eigenvalue weighted by molar-refractivity contribution is 5.80. The van der Waals surface area contributed by atoms with E-state index in [2.05, 4.69) is 4.42 Å². The number of aryl methyl sites for hydroxylation is 1. The van der Waals surface area contributed by atoms with Gasteiger partial charge < -0.3 is 29.5 Å². The Morgan fingerprint density at radius 2 is 2.00 bits per heavy atom. The van der Waals surface area contributed by atoms with Crippen LogP contribution in [0, 0.1) is 6.92 Å². The van der Waals surface area contributed by atoms with Crippen LogP contribution >= 0.6 is 0 Å². The number of carbonyl (C=O) groups excluding carboxylic acids is 1. The summed E-state index contributed by atoms with van der Waals surface area (Å²) in [5.74, 6) is -1.81. The molecule has 0 fully saturated rings. The molecular weight excluding hydrogens is 306 g/mol. The van der Waals surface area contributed by atoms with Gasteiger partial charge in [-0.1, -0.05) is 6.07 Å². The molecule has 2 aromatic rings. The quantitative estimate of drug-likeness (QED) is 0.546. The Morgan fingerprint density at radius 3 is 2.57 bits per heavy atom. The summed E-state index contributed by atoms with van der Waals surface area (Å²) in [7, 11) is 0. The summed E-state index contributed by atoms with van der Waals surface area (Å²) in [6, 6.07) is 4.15. The van der Waals surface area contributed by atoms with Gasteiger partial charge in [0.05, 0.1) is 0 Å². The summed E-state index contributed by atoms with van der Waals surface area (Å²) in [5, 5.41) is 18.7. The fraction of sp³-hybridized carbons (Fsp3) is 0.333. The van der Waals surface area contributed by atoms with Gasteiger partial charge in [0, 0.05) is 6.42 Å². The highest BCUT2D eigenvalue weighted by Gasteiger charge is 2.31. The molecule has 23 heavy (non-hydrogen) atoms. The first kappa shape index (κ1) is 16.6. The van der Waals surface area contributed by atoms with Crippen molar-refractivity contribution < 1.29 is 28.6 Å². The molecule has 0 saturated heterocycles. The van der Waals surface area contributed by atoms with E-state index in [1.807, 2.05) is 0 Å². The third kappa shape index (κ3) is 3.92. The number of phenols is 2. The number of hydrogen-bond acceptors (Lipinski definition) is 8. The van der Waals surface area contributed by atoms with Crippen LogP contribution in [0.5, 0.6) is 11.5 Å². The molecule has 0 amide bonds. The molecule has 0 aliphatic carbocycles. The molecule has 8 heteroatoms. The van der Waals surface area contributed by atoms with Crippen LogP contribution in [0.15, 0.2) is 31.8 Å². The highest BCUT2D eigenvalue weighted by Crippen LogP contribution is 2.26. The predicted molar refractivity (Wildman–Crippen MR) is 77.8 cm³/mol. The predicted octanol–water partition coefficient (Wildman–Crippen LogP) is 0.956. The van der Waals surface area contributed by atoms with Crippen LogP contribution in [0.2, 0.25) is 0 Å².